The van der Waals surface area contributed by atoms with Crippen molar-refractivity contribution in [2.75, 3.05) is 6.61 Å². The number of ether oxygens (including phenoxy) is 2. The quantitative estimate of drug-likeness (QED) is 0.582. The minimum absolute atomic E-state index is 0.0330. The Balaban J connectivity index is 3.75. The Morgan fingerprint density at radius 1 is 1.12 bits per heavy atom. The van der Waals surface area contributed by atoms with Gasteiger partial charge in [0, 0.05) is 6.61 Å². The van der Waals surface area contributed by atoms with Crippen LogP contribution in [0.4, 0.5) is 0 Å². The first-order chi connectivity index (χ1) is 8.01. The molecule has 3 nitrogen and oxygen atoms in total. The number of carbonyl (C=O) groups excluding carboxylic acids is 1. The molecule has 0 radical (unpaired) electrons. The van der Waals surface area contributed by atoms with Gasteiger partial charge >= 0.3 is 5.97 Å². The van der Waals surface area contributed by atoms with E-state index < -0.39 is 0 Å². The molecule has 102 valence electrons. The van der Waals surface area contributed by atoms with Gasteiger partial charge < -0.3 is 9.47 Å². The summed E-state index contributed by atoms with van der Waals surface area (Å²) in [6.07, 6.45) is 4.33. The maximum atomic E-state index is 11.5. The molecule has 1 unspecified atom stereocenters. The zero-order valence-electron chi connectivity index (χ0n) is 12.0. The summed E-state index contributed by atoms with van der Waals surface area (Å²) in [7, 11) is 0. The monoisotopic (exact) mass is 244 g/mol. The van der Waals surface area contributed by atoms with Crippen molar-refractivity contribution >= 4 is 5.97 Å². The van der Waals surface area contributed by atoms with Crippen LogP contribution in [0.2, 0.25) is 0 Å². The highest BCUT2D eigenvalue weighted by Crippen LogP contribution is 2.11. The Bertz CT molecular complexity index is 202. The predicted molar refractivity (Wildman–Crippen MR) is 69.9 cm³/mol. The maximum Gasteiger partial charge on any atom is 0.308 e. The maximum absolute atomic E-state index is 11.5. The van der Waals surface area contributed by atoms with Crippen molar-refractivity contribution < 1.29 is 14.3 Å². The van der Waals surface area contributed by atoms with Crippen LogP contribution in [0.3, 0.4) is 0 Å². The van der Waals surface area contributed by atoms with E-state index in [2.05, 4.69) is 13.8 Å². The van der Waals surface area contributed by atoms with Gasteiger partial charge in [-0.05, 0) is 33.1 Å². The second kappa shape index (κ2) is 9.46. The van der Waals surface area contributed by atoms with Crippen LogP contribution in [-0.2, 0) is 14.3 Å². The lowest BCUT2D eigenvalue weighted by atomic mass is 10.1. The minimum Gasteiger partial charge on any atom is -0.463 e. The van der Waals surface area contributed by atoms with E-state index in [9.17, 15) is 4.79 Å². The molecular formula is C14H28O3. The lowest BCUT2D eigenvalue weighted by molar-refractivity contribution is -0.152. The first-order valence-corrected chi connectivity index (χ1v) is 6.83. The standard InChI is InChI=1S/C14H28O3/c1-6-8-13(7-2)16-10-9-12(5)14(15)17-11(3)4/h11-13H,6-10H2,1-5H3/t12-,13?/m0/s1. The van der Waals surface area contributed by atoms with Crippen LogP contribution in [-0.4, -0.2) is 24.8 Å². The van der Waals surface area contributed by atoms with Crippen LogP contribution < -0.4 is 0 Å². The van der Waals surface area contributed by atoms with E-state index in [1.807, 2.05) is 20.8 Å². The summed E-state index contributed by atoms with van der Waals surface area (Å²) in [5, 5.41) is 0. The second-order valence-corrected chi connectivity index (χ2v) is 4.87. The molecule has 0 aliphatic heterocycles. The summed E-state index contributed by atoms with van der Waals surface area (Å²) >= 11 is 0. The normalized spacial score (nSPS) is 14.7. The molecule has 0 aliphatic carbocycles. The van der Waals surface area contributed by atoms with Crippen molar-refractivity contribution in [2.24, 2.45) is 5.92 Å². The van der Waals surface area contributed by atoms with Crippen LogP contribution in [0, 0.1) is 5.92 Å². The smallest absolute Gasteiger partial charge is 0.308 e. The third-order valence-electron chi connectivity index (χ3n) is 2.72. The number of hydrogen-bond donors (Lipinski definition) is 0. The van der Waals surface area contributed by atoms with E-state index in [-0.39, 0.29) is 18.0 Å². The van der Waals surface area contributed by atoms with Gasteiger partial charge in [0.2, 0.25) is 0 Å². The number of rotatable bonds is 9. The molecule has 0 saturated carbocycles. The average molecular weight is 244 g/mol. The highest BCUT2D eigenvalue weighted by Gasteiger charge is 2.16. The van der Waals surface area contributed by atoms with Crippen molar-refractivity contribution in [3.8, 4) is 0 Å². The Hall–Kier alpha value is -0.570. The molecule has 2 atom stereocenters. The van der Waals surface area contributed by atoms with Crippen LogP contribution in [0.15, 0.2) is 0 Å². The highest BCUT2D eigenvalue weighted by atomic mass is 16.5. The number of carbonyl (C=O) groups is 1. The van der Waals surface area contributed by atoms with E-state index in [1.54, 1.807) is 0 Å². The third kappa shape index (κ3) is 8.19. The summed E-state index contributed by atoms with van der Waals surface area (Å²) in [5.74, 6) is -0.191. The molecule has 17 heavy (non-hydrogen) atoms. The van der Waals surface area contributed by atoms with Crippen molar-refractivity contribution in [1.82, 2.24) is 0 Å². The average Bonchev–Trinajstić information content (AvgIpc) is 2.26. The number of hydrogen-bond acceptors (Lipinski definition) is 3. The van der Waals surface area contributed by atoms with Gasteiger partial charge in [-0.25, -0.2) is 0 Å². The van der Waals surface area contributed by atoms with Gasteiger partial charge in [-0.1, -0.05) is 27.2 Å². The molecule has 0 saturated heterocycles. The van der Waals surface area contributed by atoms with Crippen LogP contribution >= 0.6 is 0 Å². The molecule has 0 aromatic carbocycles. The van der Waals surface area contributed by atoms with Crippen LogP contribution in [0.5, 0.6) is 0 Å². The fraction of sp³-hybridized carbons (Fsp3) is 0.929. The van der Waals surface area contributed by atoms with Gasteiger partial charge in [-0.15, -0.1) is 0 Å². The summed E-state index contributed by atoms with van der Waals surface area (Å²) in [4.78, 5) is 11.5. The van der Waals surface area contributed by atoms with E-state index in [1.165, 1.54) is 0 Å². The zero-order valence-corrected chi connectivity index (χ0v) is 12.0. The van der Waals surface area contributed by atoms with Gasteiger partial charge in [0.15, 0.2) is 0 Å². The Morgan fingerprint density at radius 3 is 2.24 bits per heavy atom. The summed E-state index contributed by atoms with van der Waals surface area (Å²) < 4.78 is 10.9. The van der Waals surface area contributed by atoms with Crippen molar-refractivity contribution in [3.05, 3.63) is 0 Å². The molecule has 0 aromatic rings. The molecule has 0 amide bonds. The van der Waals surface area contributed by atoms with Gasteiger partial charge in [-0.2, -0.15) is 0 Å². The molecule has 0 fully saturated rings. The van der Waals surface area contributed by atoms with Crippen LogP contribution in [0.1, 0.15) is 60.3 Å². The Labute approximate surface area is 106 Å². The van der Waals surface area contributed by atoms with Gasteiger partial charge in [0.25, 0.3) is 0 Å². The third-order valence-corrected chi connectivity index (χ3v) is 2.72. The molecule has 0 N–H and O–H groups in total. The largest absolute Gasteiger partial charge is 0.463 e. The molecule has 0 rings (SSSR count). The fourth-order valence-corrected chi connectivity index (χ4v) is 1.61. The molecular weight excluding hydrogens is 216 g/mol. The molecule has 0 bridgehead atoms. The second-order valence-electron chi connectivity index (χ2n) is 4.87. The predicted octanol–water partition coefficient (Wildman–Crippen LogP) is 3.56. The summed E-state index contributed by atoms with van der Waals surface area (Å²) in [5.41, 5.74) is 0. The number of esters is 1. The molecule has 0 aromatic heterocycles. The zero-order chi connectivity index (χ0) is 13.3. The van der Waals surface area contributed by atoms with Gasteiger partial charge in [0.1, 0.15) is 0 Å². The van der Waals surface area contributed by atoms with Gasteiger partial charge in [-0.3, -0.25) is 4.79 Å². The molecule has 0 heterocycles. The molecule has 3 heteroatoms. The lowest BCUT2D eigenvalue weighted by Gasteiger charge is -2.17. The van der Waals surface area contributed by atoms with E-state index in [0.29, 0.717) is 12.7 Å². The van der Waals surface area contributed by atoms with E-state index in [0.717, 1.165) is 25.7 Å². The Morgan fingerprint density at radius 2 is 1.76 bits per heavy atom. The molecule has 0 spiro atoms. The van der Waals surface area contributed by atoms with E-state index >= 15 is 0 Å². The van der Waals surface area contributed by atoms with Gasteiger partial charge in [0.05, 0.1) is 18.1 Å². The summed E-state index contributed by atoms with van der Waals surface area (Å²) in [6, 6.07) is 0. The topological polar surface area (TPSA) is 35.5 Å². The Kier molecular flexibility index (Phi) is 9.14. The van der Waals surface area contributed by atoms with Crippen molar-refractivity contribution in [2.45, 2.75) is 72.5 Å². The van der Waals surface area contributed by atoms with E-state index in [4.69, 9.17) is 9.47 Å². The lowest BCUT2D eigenvalue weighted by Crippen LogP contribution is -2.21. The minimum atomic E-state index is -0.118. The van der Waals surface area contributed by atoms with Crippen molar-refractivity contribution in [3.63, 3.8) is 0 Å². The summed E-state index contributed by atoms with van der Waals surface area (Å²) in [6.45, 7) is 10.6. The highest BCUT2D eigenvalue weighted by molar-refractivity contribution is 5.72. The first kappa shape index (κ1) is 16.4. The van der Waals surface area contributed by atoms with Crippen LogP contribution in [0.25, 0.3) is 0 Å². The first-order valence-electron chi connectivity index (χ1n) is 6.83. The van der Waals surface area contributed by atoms with Crippen molar-refractivity contribution in [1.29, 1.82) is 0 Å². The fourth-order valence-electron chi connectivity index (χ4n) is 1.61. The SMILES string of the molecule is CCCC(CC)OCC[C@H](C)C(=O)OC(C)C. The molecule has 0 aliphatic rings.